The van der Waals surface area contributed by atoms with Gasteiger partial charge in [0, 0.05) is 31.2 Å². The van der Waals surface area contributed by atoms with Crippen LogP contribution in [0.5, 0.6) is 0 Å². The SMILES string of the molecule is CCn1ccnc1N(CCC#N)c1ccccc1. The molecule has 0 N–H and O–H groups in total. The lowest BCUT2D eigenvalue weighted by molar-refractivity contribution is 0.738. The van der Waals surface area contributed by atoms with E-state index in [-0.39, 0.29) is 0 Å². The molecular formula is C14H16N4. The summed E-state index contributed by atoms with van der Waals surface area (Å²) in [7, 11) is 0. The van der Waals surface area contributed by atoms with Crippen LogP contribution >= 0.6 is 0 Å². The summed E-state index contributed by atoms with van der Waals surface area (Å²) in [6.07, 6.45) is 4.23. The highest BCUT2D eigenvalue weighted by Gasteiger charge is 2.13. The summed E-state index contributed by atoms with van der Waals surface area (Å²) in [6.45, 7) is 3.60. The maximum atomic E-state index is 8.78. The first-order valence-corrected chi connectivity index (χ1v) is 6.07. The van der Waals surface area contributed by atoms with E-state index in [0.29, 0.717) is 13.0 Å². The summed E-state index contributed by atoms with van der Waals surface area (Å²) in [6, 6.07) is 12.2. The van der Waals surface area contributed by atoms with Crippen LogP contribution in [0.25, 0.3) is 0 Å². The van der Waals surface area contributed by atoms with Crippen LogP contribution in [0.4, 0.5) is 11.6 Å². The van der Waals surface area contributed by atoms with Gasteiger partial charge in [-0.2, -0.15) is 5.26 Å². The highest BCUT2D eigenvalue weighted by Crippen LogP contribution is 2.23. The molecule has 4 heteroatoms. The summed E-state index contributed by atoms with van der Waals surface area (Å²) in [5.41, 5.74) is 1.06. The number of aromatic nitrogens is 2. The van der Waals surface area contributed by atoms with Crippen LogP contribution in [0.2, 0.25) is 0 Å². The molecule has 0 aliphatic rings. The zero-order valence-corrected chi connectivity index (χ0v) is 10.5. The Bertz CT molecular complexity index is 524. The Morgan fingerprint density at radius 1 is 1.33 bits per heavy atom. The molecular weight excluding hydrogens is 224 g/mol. The van der Waals surface area contributed by atoms with Crippen molar-refractivity contribution in [2.24, 2.45) is 0 Å². The zero-order valence-electron chi connectivity index (χ0n) is 10.5. The quantitative estimate of drug-likeness (QED) is 0.807. The van der Waals surface area contributed by atoms with Gasteiger partial charge in [-0.05, 0) is 19.1 Å². The molecule has 0 unspecified atom stereocenters. The van der Waals surface area contributed by atoms with Gasteiger partial charge in [0.15, 0.2) is 0 Å². The van der Waals surface area contributed by atoms with E-state index in [0.717, 1.165) is 18.2 Å². The number of benzene rings is 1. The van der Waals surface area contributed by atoms with Crippen molar-refractivity contribution in [2.45, 2.75) is 19.9 Å². The van der Waals surface area contributed by atoms with Crippen molar-refractivity contribution < 1.29 is 0 Å². The monoisotopic (exact) mass is 240 g/mol. The second kappa shape index (κ2) is 5.87. The Morgan fingerprint density at radius 3 is 2.78 bits per heavy atom. The fourth-order valence-corrected chi connectivity index (χ4v) is 1.91. The lowest BCUT2D eigenvalue weighted by Crippen LogP contribution is -2.21. The fourth-order valence-electron chi connectivity index (χ4n) is 1.91. The minimum Gasteiger partial charge on any atom is -0.317 e. The molecule has 0 radical (unpaired) electrons. The van der Waals surface area contributed by atoms with Gasteiger partial charge >= 0.3 is 0 Å². The number of rotatable bonds is 5. The van der Waals surface area contributed by atoms with Crippen molar-refractivity contribution in [3.05, 3.63) is 42.7 Å². The molecule has 0 fully saturated rings. The van der Waals surface area contributed by atoms with E-state index < -0.39 is 0 Å². The molecule has 0 spiro atoms. The van der Waals surface area contributed by atoms with Gasteiger partial charge < -0.3 is 9.47 Å². The molecule has 1 aromatic carbocycles. The van der Waals surface area contributed by atoms with E-state index in [1.54, 1.807) is 6.20 Å². The number of aryl methyl sites for hydroxylation is 1. The van der Waals surface area contributed by atoms with Crippen molar-refractivity contribution in [1.82, 2.24) is 9.55 Å². The second-order valence-electron chi connectivity index (χ2n) is 3.91. The maximum Gasteiger partial charge on any atom is 0.210 e. The molecule has 0 aliphatic heterocycles. The van der Waals surface area contributed by atoms with Crippen molar-refractivity contribution in [2.75, 3.05) is 11.4 Å². The number of nitrogens with zero attached hydrogens (tertiary/aromatic N) is 4. The third-order valence-electron chi connectivity index (χ3n) is 2.79. The van der Waals surface area contributed by atoms with Crippen LogP contribution in [-0.4, -0.2) is 16.1 Å². The Labute approximate surface area is 107 Å². The largest absolute Gasteiger partial charge is 0.317 e. The molecule has 4 nitrogen and oxygen atoms in total. The molecule has 1 heterocycles. The molecule has 0 saturated heterocycles. The van der Waals surface area contributed by atoms with Gasteiger partial charge in [-0.1, -0.05) is 18.2 Å². The van der Waals surface area contributed by atoms with E-state index in [1.807, 2.05) is 36.5 Å². The predicted octanol–water partition coefficient (Wildman–Crippen LogP) is 2.95. The first-order chi connectivity index (χ1) is 8.86. The van der Waals surface area contributed by atoms with Crippen molar-refractivity contribution in [1.29, 1.82) is 5.26 Å². The molecule has 18 heavy (non-hydrogen) atoms. The summed E-state index contributed by atoms with van der Waals surface area (Å²) >= 11 is 0. The summed E-state index contributed by atoms with van der Waals surface area (Å²) in [5, 5.41) is 8.78. The predicted molar refractivity (Wildman–Crippen MR) is 71.6 cm³/mol. The van der Waals surface area contributed by atoms with Crippen LogP contribution in [-0.2, 0) is 6.54 Å². The van der Waals surface area contributed by atoms with Crippen molar-refractivity contribution >= 4 is 11.6 Å². The third-order valence-corrected chi connectivity index (χ3v) is 2.79. The molecule has 0 amide bonds. The van der Waals surface area contributed by atoms with Gasteiger partial charge in [0.1, 0.15) is 0 Å². The lowest BCUT2D eigenvalue weighted by Gasteiger charge is -2.23. The highest BCUT2D eigenvalue weighted by atomic mass is 15.3. The van der Waals surface area contributed by atoms with Gasteiger partial charge in [0.05, 0.1) is 12.5 Å². The minimum absolute atomic E-state index is 0.478. The molecule has 0 saturated carbocycles. The number of para-hydroxylation sites is 1. The van der Waals surface area contributed by atoms with Crippen molar-refractivity contribution in [3.8, 4) is 6.07 Å². The number of nitriles is 1. The third kappa shape index (κ3) is 2.51. The summed E-state index contributed by atoms with van der Waals surface area (Å²) < 4.78 is 2.07. The van der Waals surface area contributed by atoms with Gasteiger partial charge in [-0.25, -0.2) is 4.98 Å². The minimum atomic E-state index is 0.478. The van der Waals surface area contributed by atoms with Gasteiger partial charge in [0.2, 0.25) is 5.95 Å². The summed E-state index contributed by atoms with van der Waals surface area (Å²) in [5.74, 6) is 0.888. The topological polar surface area (TPSA) is 44.9 Å². The fraction of sp³-hybridized carbons (Fsp3) is 0.286. The number of anilines is 2. The van der Waals surface area contributed by atoms with E-state index >= 15 is 0 Å². The second-order valence-corrected chi connectivity index (χ2v) is 3.91. The smallest absolute Gasteiger partial charge is 0.210 e. The Kier molecular flexibility index (Phi) is 3.98. The number of imidazole rings is 1. The van der Waals surface area contributed by atoms with Gasteiger partial charge in [-0.15, -0.1) is 0 Å². The molecule has 1 aromatic heterocycles. The number of hydrogen-bond donors (Lipinski definition) is 0. The van der Waals surface area contributed by atoms with E-state index in [2.05, 4.69) is 27.4 Å². The average molecular weight is 240 g/mol. The molecule has 2 aromatic rings. The molecule has 2 rings (SSSR count). The molecule has 0 atom stereocenters. The summed E-state index contributed by atoms with van der Waals surface area (Å²) in [4.78, 5) is 6.47. The van der Waals surface area contributed by atoms with Crippen molar-refractivity contribution in [3.63, 3.8) is 0 Å². The maximum absolute atomic E-state index is 8.78. The lowest BCUT2D eigenvalue weighted by atomic mass is 10.3. The normalized spacial score (nSPS) is 10.0. The Morgan fingerprint density at radius 2 is 2.11 bits per heavy atom. The van der Waals surface area contributed by atoms with E-state index in [4.69, 9.17) is 5.26 Å². The Balaban J connectivity index is 2.34. The van der Waals surface area contributed by atoms with Gasteiger partial charge in [0.25, 0.3) is 0 Å². The first kappa shape index (κ1) is 12.2. The molecule has 0 bridgehead atoms. The molecule has 92 valence electrons. The van der Waals surface area contributed by atoms with Crippen LogP contribution < -0.4 is 4.90 Å². The average Bonchev–Trinajstić information content (AvgIpc) is 2.89. The van der Waals surface area contributed by atoms with Crippen LogP contribution in [0.3, 0.4) is 0 Å². The van der Waals surface area contributed by atoms with E-state index in [1.165, 1.54) is 0 Å². The zero-order chi connectivity index (χ0) is 12.8. The Hall–Kier alpha value is -2.28. The standard InChI is InChI=1S/C14H16N4/c1-2-17-12-10-16-14(17)18(11-6-9-15)13-7-4-3-5-8-13/h3-5,7-8,10,12H,2,6,11H2,1H3. The van der Waals surface area contributed by atoms with E-state index in [9.17, 15) is 0 Å². The highest BCUT2D eigenvalue weighted by molar-refractivity contribution is 5.57. The van der Waals surface area contributed by atoms with Crippen LogP contribution in [0.15, 0.2) is 42.7 Å². The number of hydrogen-bond acceptors (Lipinski definition) is 3. The first-order valence-electron chi connectivity index (χ1n) is 6.07. The van der Waals surface area contributed by atoms with Crippen LogP contribution in [0.1, 0.15) is 13.3 Å². The van der Waals surface area contributed by atoms with Crippen LogP contribution in [0, 0.1) is 11.3 Å². The van der Waals surface area contributed by atoms with Gasteiger partial charge in [-0.3, -0.25) is 0 Å². The molecule has 0 aliphatic carbocycles.